The average Bonchev–Trinajstić information content (AvgIpc) is 3.28. The first kappa shape index (κ1) is 18.6. The van der Waals surface area contributed by atoms with Gasteiger partial charge >= 0.3 is 0 Å². The van der Waals surface area contributed by atoms with Gasteiger partial charge in [0.1, 0.15) is 5.69 Å². The molecule has 0 saturated carbocycles. The summed E-state index contributed by atoms with van der Waals surface area (Å²) in [7, 11) is 1.90. The van der Waals surface area contributed by atoms with Gasteiger partial charge in [-0.2, -0.15) is 0 Å². The monoisotopic (exact) mass is 374 g/mol. The summed E-state index contributed by atoms with van der Waals surface area (Å²) in [4.78, 5) is 31.1. The predicted octanol–water partition coefficient (Wildman–Crippen LogP) is 2.77. The van der Waals surface area contributed by atoms with Crippen LogP contribution in [0.2, 0.25) is 0 Å². The molecule has 0 spiro atoms. The molecule has 2 amide bonds. The van der Waals surface area contributed by atoms with Crippen LogP contribution in [0.5, 0.6) is 0 Å². The van der Waals surface area contributed by atoms with Crippen molar-refractivity contribution < 1.29 is 9.59 Å². The summed E-state index contributed by atoms with van der Waals surface area (Å²) in [6.07, 6.45) is 3.93. The summed E-state index contributed by atoms with van der Waals surface area (Å²) in [6.45, 7) is 5.72. The van der Waals surface area contributed by atoms with Crippen LogP contribution < -0.4 is 5.32 Å². The van der Waals surface area contributed by atoms with Gasteiger partial charge in [-0.15, -0.1) is 11.3 Å². The maximum absolute atomic E-state index is 12.7. The number of hydrogen-bond donors (Lipinski definition) is 1. The minimum atomic E-state index is -0.0245. The molecule has 140 valence electrons. The molecule has 1 fully saturated rings. The van der Waals surface area contributed by atoms with Gasteiger partial charge in [0.2, 0.25) is 5.91 Å². The first-order valence-corrected chi connectivity index (χ1v) is 9.96. The number of carbonyl (C=O) groups excluding carboxylic acids is 2. The van der Waals surface area contributed by atoms with E-state index < -0.39 is 0 Å². The largest absolute Gasteiger partial charge is 0.350 e. The molecule has 1 aliphatic heterocycles. The summed E-state index contributed by atoms with van der Waals surface area (Å²) in [6, 6.07) is 3.76. The maximum atomic E-state index is 12.7. The van der Waals surface area contributed by atoms with E-state index in [1.165, 1.54) is 0 Å². The highest BCUT2D eigenvalue weighted by Crippen LogP contribution is 2.30. The van der Waals surface area contributed by atoms with Crippen molar-refractivity contribution in [3.05, 3.63) is 40.1 Å². The smallest absolute Gasteiger partial charge is 0.270 e. The lowest BCUT2D eigenvalue weighted by molar-refractivity contribution is -0.124. The van der Waals surface area contributed by atoms with E-state index in [0.29, 0.717) is 13.1 Å². The molecule has 0 aromatic carbocycles. The summed E-state index contributed by atoms with van der Waals surface area (Å²) < 4.78 is 1.87. The number of nitrogens with one attached hydrogen (secondary N) is 1. The molecule has 1 atom stereocenters. The van der Waals surface area contributed by atoms with Crippen LogP contribution >= 0.6 is 11.3 Å². The zero-order valence-electron chi connectivity index (χ0n) is 15.6. The van der Waals surface area contributed by atoms with Crippen molar-refractivity contribution in [2.45, 2.75) is 39.2 Å². The number of hydrogen-bond acceptors (Lipinski definition) is 4. The van der Waals surface area contributed by atoms with Crippen molar-refractivity contribution in [2.24, 2.45) is 13.0 Å². The molecule has 0 aliphatic carbocycles. The van der Waals surface area contributed by atoms with Crippen LogP contribution in [-0.4, -0.2) is 39.4 Å². The average molecular weight is 375 g/mol. The minimum absolute atomic E-state index is 0.0245. The van der Waals surface area contributed by atoms with Crippen LogP contribution in [0.3, 0.4) is 0 Å². The Morgan fingerprint density at radius 1 is 1.42 bits per heavy atom. The van der Waals surface area contributed by atoms with Gasteiger partial charge in [0.05, 0.1) is 17.2 Å². The molecule has 2 aromatic rings. The minimum Gasteiger partial charge on any atom is -0.350 e. The number of piperidine rings is 1. The van der Waals surface area contributed by atoms with Gasteiger partial charge in [-0.3, -0.25) is 9.59 Å². The number of aromatic nitrogens is 2. The van der Waals surface area contributed by atoms with Crippen LogP contribution in [-0.2, 0) is 18.4 Å². The van der Waals surface area contributed by atoms with Crippen LogP contribution in [0.25, 0.3) is 0 Å². The Labute approximate surface area is 158 Å². The number of thiazole rings is 1. The first-order valence-electron chi connectivity index (χ1n) is 9.08. The number of aryl methyl sites for hydroxylation is 1. The third-order valence-corrected chi connectivity index (χ3v) is 5.81. The Kier molecular flexibility index (Phi) is 5.76. The zero-order chi connectivity index (χ0) is 18.7. The van der Waals surface area contributed by atoms with Gasteiger partial charge in [0.15, 0.2) is 0 Å². The molecule has 3 rings (SSSR count). The van der Waals surface area contributed by atoms with Gasteiger partial charge < -0.3 is 14.8 Å². The maximum Gasteiger partial charge on any atom is 0.270 e. The highest BCUT2D eigenvalue weighted by atomic mass is 32.1. The molecule has 3 heterocycles. The molecule has 0 radical (unpaired) electrons. The molecule has 6 nitrogen and oxygen atoms in total. The quantitative estimate of drug-likeness (QED) is 0.875. The fraction of sp³-hybridized carbons (Fsp3) is 0.526. The summed E-state index contributed by atoms with van der Waals surface area (Å²) in [5, 5.41) is 5.97. The molecule has 1 aliphatic rings. The van der Waals surface area contributed by atoms with Gasteiger partial charge in [-0.25, -0.2) is 4.98 Å². The zero-order valence-corrected chi connectivity index (χ0v) is 16.4. The molecule has 26 heavy (non-hydrogen) atoms. The number of amides is 2. The number of carbonyl (C=O) groups is 2. The molecule has 2 aromatic heterocycles. The molecule has 0 bridgehead atoms. The van der Waals surface area contributed by atoms with Gasteiger partial charge in [-0.05, 0) is 25.0 Å². The lowest BCUT2D eigenvalue weighted by atomic mass is 9.98. The van der Waals surface area contributed by atoms with Crippen LogP contribution in [0.15, 0.2) is 23.7 Å². The van der Waals surface area contributed by atoms with Gasteiger partial charge in [0.25, 0.3) is 5.91 Å². The van der Waals surface area contributed by atoms with E-state index in [0.717, 1.165) is 35.8 Å². The SMILES string of the molecule is CC(C)C(=O)NCc1csc([C@@H]2CCCN(C(=O)c3cccn3C)C2)n1. The van der Waals surface area contributed by atoms with E-state index in [1.54, 1.807) is 11.3 Å². The molecule has 0 unspecified atom stereocenters. The second-order valence-electron chi connectivity index (χ2n) is 7.14. The van der Waals surface area contributed by atoms with Crippen molar-refractivity contribution in [2.75, 3.05) is 13.1 Å². The molecule has 7 heteroatoms. The Bertz CT molecular complexity index is 780. The standard InChI is InChI=1S/C19H26N4O2S/c1-13(2)17(24)20-10-15-12-26-18(21-15)14-6-4-9-23(11-14)19(25)16-7-5-8-22(16)3/h5,7-8,12-14H,4,6,9-11H2,1-3H3,(H,20,24)/t14-/m1/s1. The fourth-order valence-corrected chi connectivity index (χ4v) is 4.13. The summed E-state index contributed by atoms with van der Waals surface area (Å²) >= 11 is 1.62. The van der Waals surface area contributed by atoms with Gasteiger partial charge in [-0.1, -0.05) is 13.8 Å². The first-order chi connectivity index (χ1) is 12.5. The Morgan fingerprint density at radius 2 is 2.23 bits per heavy atom. The second kappa shape index (κ2) is 8.03. The third kappa shape index (κ3) is 4.15. The van der Waals surface area contributed by atoms with E-state index in [2.05, 4.69) is 5.32 Å². The number of nitrogens with zero attached hydrogens (tertiary/aromatic N) is 3. The lowest BCUT2D eigenvalue weighted by Gasteiger charge is -2.32. The molecular formula is C19H26N4O2S. The van der Waals surface area contributed by atoms with Crippen molar-refractivity contribution in [3.63, 3.8) is 0 Å². The van der Waals surface area contributed by atoms with Crippen LogP contribution in [0.1, 0.15) is 53.8 Å². The summed E-state index contributed by atoms with van der Waals surface area (Å²) in [5.74, 6) is 0.371. The van der Waals surface area contributed by atoms with Gasteiger partial charge in [0, 0.05) is 43.5 Å². The second-order valence-corrected chi connectivity index (χ2v) is 8.03. The summed E-state index contributed by atoms with van der Waals surface area (Å²) in [5.41, 5.74) is 1.62. The number of rotatable bonds is 5. The van der Waals surface area contributed by atoms with Crippen molar-refractivity contribution >= 4 is 23.2 Å². The normalized spacial score (nSPS) is 17.5. The third-order valence-electron chi connectivity index (χ3n) is 4.76. The van der Waals surface area contributed by atoms with Crippen molar-refractivity contribution in [1.82, 2.24) is 19.8 Å². The topological polar surface area (TPSA) is 67.2 Å². The van der Waals surface area contributed by atoms with E-state index in [9.17, 15) is 9.59 Å². The highest BCUT2D eigenvalue weighted by Gasteiger charge is 2.28. The van der Waals surface area contributed by atoms with E-state index >= 15 is 0 Å². The van der Waals surface area contributed by atoms with E-state index in [-0.39, 0.29) is 23.7 Å². The molecular weight excluding hydrogens is 348 g/mol. The Morgan fingerprint density at radius 3 is 2.92 bits per heavy atom. The predicted molar refractivity (Wildman–Crippen MR) is 102 cm³/mol. The number of likely N-dealkylation sites (tertiary alicyclic amines) is 1. The van der Waals surface area contributed by atoms with Crippen molar-refractivity contribution in [3.8, 4) is 0 Å². The Hall–Kier alpha value is -2.15. The van der Waals surface area contributed by atoms with Crippen LogP contribution in [0.4, 0.5) is 0 Å². The Balaban J connectivity index is 1.62. The lowest BCUT2D eigenvalue weighted by Crippen LogP contribution is -2.39. The van der Waals surface area contributed by atoms with E-state index in [4.69, 9.17) is 4.98 Å². The fourth-order valence-electron chi connectivity index (χ4n) is 3.18. The van der Waals surface area contributed by atoms with E-state index in [1.807, 2.05) is 54.1 Å². The van der Waals surface area contributed by atoms with Crippen LogP contribution in [0, 0.1) is 5.92 Å². The van der Waals surface area contributed by atoms with Crippen molar-refractivity contribution in [1.29, 1.82) is 0 Å². The molecule has 1 N–H and O–H groups in total. The highest BCUT2D eigenvalue weighted by molar-refractivity contribution is 7.09. The molecule has 1 saturated heterocycles.